The van der Waals surface area contributed by atoms with Gasteiger partial charge in [-0.2, -0.15) is 0 Å². The van der Waals surface area contributed by atoms with Crippen LogP contribution < -0.4 is 5.14 Å². The van der Waals surface area contributed by atoms with Gasteiger partial charge < -0.3 is 9.47 Å². The van der Waals surface area contributed by atoms with Crippen LogP contribution in [0.1, 0.15) is 29.3 Å². The van der Waals surface area contributed by atoms with Crippen molar-refractivity contribution in [2.24, 2.45) is 5.14 Å². The normalized spacial score (nSPS) is 11.3. The Morgan fingerprint density at radius 3 is 2.50 bits per heavy atom. The Hall–Kier alpha value is -1.44. The lowest BCUT2D eigenvalue weighted by Crippen LogP contribution is -2.15. The van der Waals surface area contributed by atoms with Gasteiger partial charge in [-0.05, 0) is 37.1 Å². The van der Waals surface area contributed by atoms with E-state index >= 15 is 0 Å². The second-order valence-corrected chi connectivity index (χ2v) is 5.89. The molecule has 0 saturated heterocycles. The van der Waals surface area contributed by atoms with E-state index < -0.39 is 16.0 Å². The van der Waals surface area contributed by atoms with Gasteiger partial charge in [0, 0.05) is 6.61 Å². The van der Waals surface area contributed by atoms with Crippen LogP contribution in [0.2, 0.25) is 0 Å². The Balaban J connectivity index is 2.71. The van der Waals surface area contributed by atoms with Crippen molar-refractivity contribution in [3.63, 3.8) is 0 Å². The average molecular weight is 301 g/mol. The van der Waals surface area contributed by atoms with E-state index in [1.807, 2.05) is 6.92 Å². The van der Waals surface area contributed by atoms with Gasteiger partial charge in [-0.15, -0.1) is 0 Å². The molecule has 0 bridgehead atoms. The van der Waals surface area contributed by atoms with Crippen molar-refractivity contribution in [2.45, 2.75) is 25.2 Å². The largest absolute Gasteiger partial charge is 0.460 e. The van der Waals surface area contributed by atoms with E-state index in [1.54, 1.807) is 13.0 Å². The molecule has 0 atom stereocenters. The van der Waals surface area contributed by atoms with Crippen LogP contribution in [0.15, 0.2) is 23.1 Å². The molecule has 0 amide bonds. The van der Waals surface area contributed by atoms with Crippen LogP contribution in [0.25, 0.3) is 0 Å². The first-order chi connectivity index (χ1) is 9.34. The van der Waals surface area contributed by atoms with Crippen molar-refractivity contribution >= 4 is 16.0 Å². The van der Waals surface area contributed by atoms with Crippen molar-refractivity contribution in [1.29, 1.82) is 0 Å². The van der Waals surface area contributed by atoms with E-state index in [1.165, 1.54) is 12.1 Å². The van der Waals surface area contributed by atoms with Gasteiger partial charge in [0.2, 0.25) is 10.0 Å². The number of carbonyl (C=O) groups is 1. The van der Waals surface area contributed by atoms with Crippen LogP contribution >= 0.6 is 0 Å². The zero-order valence-corrected chi connectivity index (χ0v) is 12.4. The van der Waals surface area contributed by atoms with Crippen molar-refractivity contribution in [3.05, 3.63) is 29.3 Å². The first-order valence-electron chi connectivity index (χ1n) is 6.24. The summed E-state index contributed by atoms with van der Waals surface area (Å²) in [4.78, 5) is 11.7. The Morgan fingerprint density at radius 1 is 1.20 bits per heavy atom. The molecule has 0 aromatic heterocycles. The van der Waals surface area contributed by atoms with Gasteiger partial charge in [0.15, 0.2) is 0 Å². The summed E-state index contributed by atoms with van der Waals surface area (Å²) in [5.74, 6) is -0.598. The summed E-state index contributed by atoms with van der Waals surface area (Å²) in [7, 11) is -3.85. The number of primary sulfonamides is 1. The summed E-state index contributed by atoms with van der Waals surface area (Å²) in [6.45, 7) is 4.70. The molecule has 0 radical (unpaired) electrons. The predicted octanol–water partition coefficient (Wildman–Crippen LogP) is 1.23. The van der Waals surface area contributed by atoms with Crippen molar-refractivity contribution < 1.29 is 22.7 Å². The topological polar surface area (TPSA) is 95.7 Å². The number of carbonyl (C=O) groups excluding carboxylic acids is 1. The maximum atomic E-state index is 11.8. The highest BCUT2D eigenvalue weighted by atomic mass is 32.2. The first kappa shape index (κ1) is 16.6. The van der Waals surface area contributed by atoms with Crippen LogP contribution in [0, 0.1) is 6.92 Å². The van der Waals surface area contributed by atoms with Crippen LogP contribution in [-0.4, -0.2) is 34.2 Å². The molecule has 0 aliphatic rings. The van der Waals surface area contributed by atoms with E-state index in [0.717, 1.165) is 6.42 Å². The smallest absolute Gasteiger partial charge is 0.338 e. The van der Waals surface area contributed by atoms with Crippen molar-refractivity contribution in [1.82, 2.24) is 0 Å². The molecule has 1 rings (SSSR count). The van der Waals surface area contributed by atoms with Gasteiger partial charge in [0.25, 0.3) is 0 Å². The van der Waals surface area contributed by atoms with E-state index in [-0.39, 0.29) is 17.1 Å². The van der Waals surface area contributed by atoms with Crippen LogP contribution in [0.3, 0.4) is 0 Å². The van der Waals surface area contributed by atoms with Crippen LogP contribution in [-0.2, 0) is 19.5 Å². The Labute approximate surface area is 118 Å². The molecule has 0 aliphatic heterocycles. The van der Waals surface area contributed by atoms with Gasteiger partial charge >= 0.3 is 5.97 Å². The van der Waals surface area contributed by atoms with Crippen LogP contribution in [0.4, 0.5) is 0 Å². The summed E-state index contributed by atoms with van der Waals surface area (Å²) < 4.78 is 32.8. The molecule has 1 aromatic carbocycles. The molecule has 6 nitrogen and oxygen atoms in total. The lowest BCUT2D eigenvalue weighted by molar-refractivity contribution is 0.0318. The maximum absolute atomic E-state index is 11.8. The number of hydrogen-bond acceptors (Lipinski definition) is 5. The molecule has 0 saturated carbocycles. The predicted molar refractivity (Wildman–Crippen MR) is 73.9 cm³/mol. The molecule has 112 valence electrons. The standard InChI is InChI=1S/C13H19NO5S/c1-3-4-18-5-6-19-13(15)11-7-10(2)8-12(9-11)20(14,16)17/h7-9H,3-6H2,1-2H3,(H2,14,16,17). The SMILES string of the molecule is CCCOCCOC(=O)c1cc(C)cc(S(N)(=O)=O)c1. The number of aryl methyl sites for hydroxylation is 1. The molecular weight excluding hydrogens is 282 g/mol. The molecular formula is C13H19NO5S. The molecule has 7 heteroatoms. The summed E-state index contributed by atoms with van der Waals surface area (Å²) in [5.41, 5.74) is 0.773. The summed E-state index contributed by atoms with van der Waals surface area (Å²) in [6.07, 6.45) is 0.892. The Bertz CT molecular complexity index is 568. The fraction of sp³-hybridized carbons (Fsp3) is 0.462. The molecule has 0 spiro atoms. The molecule has 0 fully saturated rings. The maximum Gasteiger partial charge on any atom is 0.338 e. The fourth-order valence-electron chi connectivity index (χ4n) is 1.55. The summed E-state index contributed by atoms with van der Waals surface area (Å²) in [6, 6.07) is 4.15. The van der Waals surface area contributed by atoms with Gasteiger partial charge in [0.05, 0.1) is 17.1 Å². The van der Waals surface area contributed by atoms with Gasteiger partial charge in [-0.25, -0.2) is 18.4 Å². The highest BCUT2D eigenvalue weighted by Crippen LogP contribution is 2.14. The second kappa shape index (κ2) is 7.37. The van der Waals surface area contributed by atoms with E-state index in [0.29, 0.717) is 18.8 Å². The Morgan fingerprint density at radius 2 is 1.90 bits per heavy atom. The number of rotatable bonds is 7. The number of ether oxygens (including phenoxy) is 2. The van der Waals surface area contributed by atoms with E-state index in [4.69, 9.17) is 14.6 Å². The molecule has 0 heterocycles. The van der Waals surface area contributed by atoms with Crippen molar-refractivity contribution in [2.75, 3.05) is 19.8 Å². The van der Waals surface area contributed by atoms with Crippen LogP contribution in [0.5, 0.6) is 0 Å². The zero-order chi connectivity index (χ0) is 15.2. The minimum atomic E-state index is -3.85. The third kappa shape index (κ3) is 5.28. The third-order valence-electron chi connectivity index (χ3n) is 2.42. The molecule has 0 aliphatic carbocycles. The van der Waals surface area contributed by atoms with Crippen molar-refractivity contribution in [3.8, 4) is 0 Å². The van der Waals surface area contributed by atoms with E-state index in [2.05, 4.69) is 0 Å². The number of esters is 1. The number of sulfonamides is 1. The average Bonchev–Trinajstić information content (AvgIpc) is 2.36. The zero-order valence-electron chi connectivity index (χ0n) is 11.6. The minimum absolute atomic E-state index is 0.105. The van der Waals surface area contributed by atoms with E-state index in [9.17, 15) is 13.2 Å². The van der Waals surface area contributed by atoms with Gasteiger partial charge in [-0.1, -0.05) is 6.92 Å². The highest BCUT2D eigenvalue weighted by molar-refractivity contribution is 7.89. The lowest BCUT2D eigenvalue weighted by atomic mass is 10.1. The highest BCUT2D eigenvalue weighted by Gasteiger charge is 2.14. The number of benzene rings is 1. The Kier molecular flexibility index (Phi) is 6.12. The quantitative estimate of drug-likeness (QED) is 0.603. The second-order valence-electron chi connectivity index (χ2n) is 4.33. The summed E-state index contributed by atoms with van der Waals surface area (Å²) in [5, 5.41) is 5.05. The first-order valence-corrected chi connectivity index (χ1v) is 7.78. The molecule has 0 unspecified atom stereocenters. The summed E-state index contributed by atoms with van der Waals surface area (Å²) >= 11 is 0. The lowest BCUT2D eigenvalue weighted by Gasteiger charge is -2.07. The fourth-order valence-corrected chi connectivity index (χ4v) is 2.19. The van der Waals surface area contributed by atoms with Gasteiger partial charge in [0.1, 0.15) is 6.61 Å². The minimum Gasteiger partial charge on any atom is -0.460 e. The third-order valence-corrected chi connectivity index (χ3v) is 3.32. The number of hydrogen-bond donors (Lipinski definition) is 1. The molecule has 1 aromatic rings. The monoisotopic (exact) mass is 301 g/mol. The molecule has 2 N–H and O–H groups in total. The van der Waals surface area contributed by atoms with Gasteiger partial charge in [-0.3, -0.25) is 0 Å². The number of nitrogens with two attached hydrogens (primary N) is 1. The molecule has 20 heavy (non-hydrogen) atoms.